The molecule has 4 heteroatoms. The van der Waals surface area contributed by atoms with Gasteiger partial charge in [0.25, 0.3) is 6.02 Å². The monoisotopic (exact) mass is 142 g/mol. The van der Waals surface area contributed by atoms with Crippen LogP contribution in [-0.2, 0) is 9.53 Å². The highest BCUT2D eigenvalue weighted by atomic mass is 16.5. The standard InChI is InChI=1S/C6H10N2O2/c1-5(9)8-4-3-7-6(8)10-2/h3-4H2,1-2H3. The van der Waals surface area contributed by atoms with Gasteiger partial charge >= 0.3 is 0 Å². The van der Waals surface area contributed by atoms with Gasteiger partial charge in [0.15, 0.2) is 0 Å². The Morgan fingerprint density at radius 3 is 2.90 bits per heavy atom. The minimum absolute atomic E-state index is 0.0156. The van der Waals surface area contributed by atoms with Crippen LogP contribution in [0.3, 0.4) is 0 Å². The van der Waals surface area contributed by atoms with Crippen LogP contribution in [0.15, 0.2) is 4.99 Å². The van der Waals surface area contributed by atoms with Crippen molar-refractivity contribution in [1.29, 1.82) is 0 Å². The summed E-state index contributed by atoms with van der Waals surface area (Å²) in [7, 11) is 1.51. The number of amides is 1. The molecular weight excluding hydrogens is 132 g/mol. The first-order chi connectivity index (χ1) is 4.75. The third kappa shape index (κ3) is 1.10. The van der Waals surface area contributed by atoms with E-state index in [1.165, 1.54) is 18.9 Å². The number of nitrogens with zero attached hydrogens (tertiary/aromatic N) is 2. The van der Waals surface area contributed by atoms with Crippen molar-refractivity contribution in [3.63, 3.8) is 0 Å². The molecule has 1 aliphatic heterocycles. The molecule has 0 aromatic carbocycles. The van der Waals surface area contributed by atoms with Gasteiger partial charge in [0.2, 0.25) is 5.91 Å². The molecule has 0 aliphatic carbocycles. The minimum Gasteiger partial charge on any atom is -0.468 e. The van der Waals surface area contributed by atoms with Crippen molar-refractivity contribution < 1.29 is 9.53 Å². The van der Waals surface area contributed by atoms with Crippen LogP contribution in [0.5, 0.6) is 0 Å². The first-order valence-corrected chi connectivity index (χ1v) is 3.12. The molecule has 0 aromatic rings. The number of hydrogen-bond donors (Lipinski definition) is 0. The number of aliphatic imine (C=N–C) groups is 1. The highest BCUT2D eigenvalue weighted by molar-refractivity contribution is 5.94. The van der Waals surface area contributed by atoms with Gasteiger partial charge in [-0.05, 0) is 0 Å². The van der Waals surface area contributed by atoms with Gasteiger partial charge in [-0.15, -0.1) is 0 Å². The van der Waals surface area contributed by atoms with Crippen molar-refractivity contribution in [1.82, 2.24) is 4.90 Å². The Kier molecular flexibility index (Phi) is 1.89. The van der Waals surface area contributed by atoms with E-state index in [1.54, 1.807) is 0 Å². The molecule has 0 spiro atoms. The van der Waals surface area contributed by atoms with Crippen LogP contribution in [-0.4, -0.2) is 37.0 Å². The summed E-state index contributed by atoms with van der Waals surface area (Å²) < 4.78 is 4.84. The summed E-state index contributed by atoms with van der Waals surface area (Å²) in [6.07, 6.45) is 0. The van der Waals surface area contributed by atoms with Crippen LogP contribution >= 0.6 is 0 Å². The van der Waals surface area contributed by atoms with Gasteiger partial charge in [0.05, 0.1) is 20.2 Å². The fraction of sp³-hybridized carbons (Fsp3) is 0.667. The summed E-state index contributed by atoms with van der Waals surface area (Å²) in [5.74, 6) is -0.0156. The zero-order valence-corrected chi connectivity index (χ0v) is 6.13. The first kappa shape index (κ1) is 7.05. The molecule has 10 heavy (non-hydrogen) atoms. The van der Waals surface area contributed by atoms with Gasteiger partial charge in [-0.1, -0.05) is 0 Å². The molecule has 0 saturated heterocycles. The van der Waals surface area contributed by atoms with Crippen LogP contribution in [0.1, 0.15) is 6.92 Å². The second kappa shape index (κ2) is 2.68. The van der Waals surface area contributed by atoms with Crippen molar-refractivity contribution in [2.75, 3.05) is 20.2 Å². The number of amidine groups is 1. The lowest BCUT2D eigenvalue weighted by Gasteiger charge is -2.13. The van der Waals surface area contributed by atoms with Crippen LogP contribution in [0.2, 0.25) is 0 Å². The fourth-order valence-corrected chi connectivity index (χ4v) is 0.894. The van der Waals surface area contributed by atoms with E-state index in [0.717, 1.165) is 0 Å². The topological polar surface area (TPSA) is 41.9 Å². The quantitative estimate of drug-likeness (QED) is 0.472. The fourth-order valence-electron chi connectivity index (χ4n) is 0.894. The third-order valence-corrected chi connectivity index (χ3v) is 1.36. The maximum Gasteiger partial charge on any atom is 0.293 e. The molecule has 56 valence electrons. The average Bonchev–Trinajstić information content (AvgIpc) is 2.33. The molecule has 0 fully saturated rings. The Morgan fingerprint density at radius 2 is 2.50 bits per heavy atom. The Bertz CT molecular complexity index is 177. The number of rotatable bonds is 0. The molecule has 0 N–H and O–H groups in total. The maximum atomic E-state index is 10.8. The van der Waals surface area contributed by atoms with Crippen molar-refractivity contribution in [3.05, 3.63) is 0 Å². The highest BCUT2D eigenvalue weighted by Gasteiger charge is 2.20. The lowest BCUT2D eigenvalue weighted by atomic mass is 10.5. The van der Waals surface area contributed by atoms with Crippen LogP contribution in [0.25, 0.3) is 0 Å². The summed E-state index contributed by atoms with van der Waals surface area (Å²) in [6.45, 7) is 2.81. The predicted molar refractivity (Wildman–Crippen MR) is 36.7 cm³/mol. The molecule has 1 aliphatic rings. The van der Waals surface area contributed by atoms with Crippen molar-refractivity contribution in [3.8, 4) is 0 Å². The normalized spacial score (nSPS) is 17.0. The number of methoxy groups -OCH3 is 1. The van der Waals surface area contributed by atoms with Crippen molar-refractivity contribution in [2.24, 2.45) is 4.99 Å². The molecule has 0 radical (unpaired) electrons. The number of carbonyl (C=O) groups excluding carboxylic acids is 1. The molecular formula is C6H10N2O2. The van der Waals surface area contributed by atoms with E-state index in [-0.39, 0.29) is 5.91 Å². The Balaban J connectivity index is 2.63. The van der Waals surface area contributed by atoms with Gasteiger partial charge in [0, 0.05) is 6.92 Å². The maximum absolute atomic E-state index is 10.8. The minimum atomic E-state index is -0.0156. The second-order valence-electron chi connectivity index (χ2n) is 2.04. The molecule has 0 bridgehead atoms. The zero-order chi connectivity index (χ0) is 7.56. The summed E-state index contributed by atoms with van der Waals surface area (Å²) >= 11 is 0. The molecule has 0 unspecified atom stereocenters. The molecule has 0 saturated carbocycles. The summed E-state index contributed by atoms with van der Waals surface area (Å²) in [5, 5.41) is 0. The molecule has 1 heterocycles. The van der Waals surface area contributed by atoms with E-state index >= 15 is 0 Å². The van der Waals surface area contributed by atoms with Crippen molar-refractivity contribution >= 4 is 11.9 Å². The highest BCUT2D eigenvalue weighted by Crippen LogP contribution is 2.01. The van der Waals surface area contributed by atoms with Gasteiger partial charge in [-0.2, -0.15) is 0 Å². The second-order valence-corrected chi connectivity index (χ2v) is 2.04. The van der Waals surface area contributed by atoms with Crippen LogP contribution in [0, 0.1) is 0 Å². The Labute approximate surface area is 59.5 Å². The average molecular weight is 142 g/mol. The van der Waals surface area contributed by atoms with E-state index in [4.69, 9.17) is 4.74 Å². The van der Waals surface area contributed by atoms with Crippen molar-refractivity contribution in [2.45, 2.75) is 6.92 Å². The zero-order valence-electron chi connectivity index (χ0n) is 6.13. The van der Waals surface area contributed by atoms with Gasteiger partial charge in [-0.25, -0.2) is 4.99 Å². The number of hydrogen-bond acceptors (Lipinski definition) is 3. The van der Waals surface area contributed by atoms with E-state index in [1.807, 2.05) is 0 Å². The summed E-state index contributed by atoms with van der Waals surface area (Å²) in [5.41, 5.74) is 0. The summed E-state index contributed by atoms with van der Waals surface area (Å²) in [4.78, 5) is 16.3. The van der Waals surface area contributed by atoms with Gasteiger partial charge in [0.1, 0.15) is 0 Å². The SMILES string of the molecule is COC1=NCCN1C(C)=O. The lowest BCUT2D eigenvalue weighted by Crippen LogP contribution is -2.33. The van der Waals surface area contributed by atoms with Gasteiger partial charge in [-0.3, -0.25) is 9.69 Å². The number of carbonyl (C=O) groups is 1. The van der Waals surface area contributed by atoms with E-state index in [0.29, 0.717) is 19.1 Å². The lowest BCUT2D eigenvalue weighted by molar-refractivity contribution is -0.125. The third-order valence-electron chi connectivity index (χ3n) is 1.36. The van der Waals surface area contributed by atoms with E-state index < -0.39 is 0 Å². The largest absolute Gasteiger partial charge is 0.468 e. The number of ether oxygens (including phenoxy) is 1. The van der Waals surface area contributed by atoms with Crippen LogP contribution < -0.4 is 0 Å². The van der Waals surface area contributed by atoms with E-state index in [9.17, 15) is 4.79 Å². The van der Waals surface area contributed by atoms with Gasteiger partial charge < -0.3 is 4.74 Å². The molecule has 0 atom stereocenters. The molecule has 4 nitrogen and oxygen atoms in total. The molecule has 1 amide bonds. The molecule has 0 aromatic heterocycles. The molecule has 1 rings (SSSR count). The Hall–Kier alpha value is -1.06. The summed E-state index contributed by atoms with van der Waals surface area (Å²) in [6, 6.07) is 0.438. The van der Waals surface area contributed by atoms with Crippen LogP contribution in [0.4, 0.5) is 0 Å². The smallest absolute Gasteiger partial charge is 0.293 e. The first-order valence-electron chi connectivity index (χ1n) is 3.12. The predicted octanol–water partition coefficient (Wildman–Crippen LogP) is -0.149. The Morgan fingerprint density at radius 1 is 1.80 bits per heavy atom. The van der Waals surface area contributed by atoms with E-state index in [2.05, 4.69) is 4.99 Å².